The van der Waals surface area contributed by atoms with E-state index in [4.69, 9.17) is 9.47 Å². The molecule has 1 aromatic rings. The maximum Gasteiger partial charge on any atom is 0.161 e. The predicted octanol–water partition coefficient (Wildman–Crippen LogP) is 3.54. The van der Waals surface area contributed by atoms with Gasteiger partial charge in [-0.1, -0.05) is 33.3 Å². The van der Waals surface area contributed by atoms with Crippen LogP contribution in [0.25, 0.3) is 0 Å². The van der Waals surface area contributed by atoms with Crippen LogP contribution < -0.4 is 14.8 Å². The molecule has 2 rings (SSSR count). The van der Waals surface area contributed by atoms with Crippen molar-refractivity contribution in [2.75, 3.05) is 19.8 Å². The van der Waals surface area contributed by atoms with Crippen molar-refractivity contribution in [1.82, 2.24) is 5.32 Å². The van der Waals surface area contributed by atoms with Crippen LogP contribution in [0.3, 0.4) is 0 Å². The van der Waals surface area contributed by atoms with Gasteiger partial charge in [-0.05, 0) is 30.2 Å². The van der Waals surface area contributed by atoms with Gasteiger partial charge in [-0.3, -0.25) is 0 Å². The average Bonchev–Trinajstić information content (AvgIpc) is 2.68. The molecule has 0 bridgehead atoms. The normalized spacial score (nSPS) is 17.6. The van der Waals surface area contributed by atoms with Crippen molar-refractivity contribution in [2.45, 2.75) is 39.7 Å². The summed E-state index contributed by atoms with van der Waals surface area (Å²) in [6, 6.07) is 6.72. The van der Waals surface area contributed by atoms with Gasteiger partial charge >= 0.3 is 0 Å². The number of hydrogen-bond acceptors (Lipinski definition) is 3. The lowest BCUT2D eigenvalue weighted by Crippen LogP contribution is -2.26. The van der Waals surface area contributed by atoms with Crippen molar-refractivity contribution in [3.63, 3.8) is 0 Å². The van der Waals surface area contributed by atoms with E-state index in [1.807, 2.05) is 6.07 Å². The number of nitrogens with one attached hydrogen (secondary N) is 1. The summed E-state index contributed by atoms with van der Waals surface area (Å²) in [5, 5.41) is 3.58. The van der Waals surface area contributed by atoms with E-state index in [2.05, 4.69) is 38.2 Å². The minimum absolute atomic E-state index is 0.382. The zero-order valence-electron chi connectivity index (χ0n) is 12.2. The molecule has 2 atom stereocenters. The molecule has 2 unspecified atom stereocenters. The Bertz CT molecular complexity index is 406. The molecule has 19 heavy (non-hydrogen) atoms. The summed E-state index contributed by atoms with van der Waals surface area (Å²) in [6.07, 6.45) is 2.11. The SMILES string of the molecule is CCNC(c1ccc2c(c1)OCCCO2)C(C)CC. The van der Waals surface area contributed by atoms with Crippen molar-refractivity contribution >= 4 is 0 Å². The first-order valence-electron chi connectivity index (χ1n) is 7.39. The summed E-state index contributed by atoms with van der Waals surface area (Å²) < 4.78 is 11.5. The minimum Gasteiger partial charge on any atom is -0.490 e. The molecule has 0 aromatic heterocycles. The molecule has 3 heteroatoms. The Hall–Kier alpha value is -1.22. The van der Waals surface area contributed by atoms with Crippen molar-refractivity contribution in [1.29, 1.82) is 0 Å². The Labute approximate surface area is 116 Å². The third-order valence-electron chi connectivity index (χ3n) is 3.77. The van der Waals surface area contributed by atoms with Gasteiger partial charge < -0.3 is 14.8 Å². The third-order valence-corrected chi connectivity index (χ3v) is 3.77. The van der Waals surface area contributed by atoms with Gasteiger partial charge in [-0.15, -0.1) is 0 Å². The molecule has 1 heterocycles. The fraction of sp³-hybridized carbons (Fsp3) is 0.625. The summed E-state index contributed by atoms with van der Waals surface area (Å²) >= 11 is 0. The van der Waals surface area contributed by atoms with Gasteiger partial charge in [-0.25, -0.2) is 0 Å². The van der Waals surface area contributed by atoms with E-state index in [1.54, 1.807) is 0 Å². The highest BCUT2D eigenvalue weighted by Gasteiger charge is 2.19. The number of hydrogen-bond donors (Lipinski definition) is 1. The summed E-state index contributed by atoms with van der Waals surface area (Å²) in [7, 11) is 0. The highest BCUT2D eigenvalue weighted by atomic mass is 16.5. The van der Waals surface area contributed by atoms with E-state index in [9.17, 15) is 0 Å². The van der Waals surface area contributed by atoms with Crippen molar-refractivity contribution in [2.24, 2.45) is 5.92 Å². The van der Waals surface area contributed by atoms with Crippen LogP contribution in [0, 0.1) is 5.92 Å². The van der Waals surface area contributed by atoms with E-state index in [0.717, 1.165) is 44.1 Å². The number of fused-ring (bicyclic) bond motifs is 1. The van der Waals surface area contributed by atoms with Crippen LogP contribution in [0.2, 0.25) is 0 Å². The van der Waals surface area contributed by atoms with Gasteiger partial charge in [0.25, 0.3) is 0 Å². The van der Waals surface area contributed by atoms with Gasteiger partial charge in [0.05, 0.1) is 13.2 Å². The highest BCUT2D eigenvalue weighted by Crippen LogP contribution is 2.34. The molecule has 1 aliphatic heterocycles. The Morgan fingerprint density at radius 1 is 1.16 bits per heavy atom. The summed E-state index contributed by atoms with van der Waals surface area (Å²) in [5.74, 6) is 2.37. The Morgan fingerprint density at radius 2 is 1.89 bits per heavy atom. The van der Waals surface area contributed by atoms with Crippen LogP contribution in [0.4, 0.5) is 0 Å². The predicted molar refractivity (Wildman–Crippen MR) is 77.9 cm³/mol. The Kier molecular flexibility index (Phi) is 5.08. The molecule has 0 spiro atoms. The van der Waals surface area contributed by atoms with Gasteiger partial charge in [0, 0.05) is 12.5 Å². The molecular formula is C16H25NO2. The summed E-state index contributed by atoms with van der Waals surface area (Å²) in [6.45, 7) is 9.14. The lowest BCUT2D eigenvalue weighted by molar-refractivity contribution is 0.296. The number of rotatable bonds is 5. The lowest BCUT2D eigenvalue weighted by atomic mass is 9.92. The maximum atomic E-state index is 5.78. The average molecular weight is 263 g/mol. The van der Waals surface area contributed by atoms with Crippen molar-refractivity contribution in [3.8, 4) is 11.5 Å². The van der Waals surface area contributed by atoms with Crippen LogP contribution in [0.5, 0.6) is 11.5 Å². The van der Waals surface area contributed by atoms with E-state index in [0.29, 0.717) is 12.0 Å². The molecule has 0 amide bonds. The van der Waals surface area contributed by atoms with Crippen LogP contribution in [-0.4, -0.2) is 19.8 Å². The quantitative estimate of drug-likeness (QED) is 0.881. The van der Waals surface area contributed by atoms with Gasteiger partial charge in [0.1, 0.15) is 0 Å². The summed E-state index contributed by atoms with van der Waals surface area (Å²) in [5.41, 5.74) is 1.29. The van der Waals surface area contributed by atoms with Crippen LogP contribution >= 0.6 is 0 Å². The molecule has 1 aromatic carbocycles. The molecular weight excluding hydrogens is 238 g/mol. The molecule has 0 saturated heterocycles. The third kappa shape index (κ3) is 3.41. The van der Waals surface area contributed by atoms with Crippen molar-refractivity contribution in [3.05, 3.63) is 23.8 Å². The second kappa shape index (κ2) is 6.80. The lowest BCUT2D eigenvalue weighted by Gasteiger charge is -2.25. The second-order valence-corrected chi connectivity index (χ2v) is 5.18. The molecule has 0 aliphatic carbocycles. The number of ether oxygens (including phenoxy) is 2. The molecule has 106 valence electrons. The van der Waals surface area contributed by atoms with Crippen LogP contribution in [0.15, 0.2) is 18.2 Å². The smallest absolute Gasteiger partial charge is 0.161 e. The Morgan fingerprint density at radius 3 is 2.58 bits per heavy atom. The van der Waals surface area contributed by atoms with Gasteiger partial charge in [0.2, 0.25) is 0 Å². The Balaban J connectivity index is 2.25. The molecule has 1 aliphatic rings. The second-order valence-electron chi connectivity index (χ2n) is 5.18. The highest BCUT2D eigenvalue weighted by molar-refractivity contribution is 5.44. The van der Waals surface area contributed by atoms with E-state index < -0.39 is 0 Å². The molecule has 0 radical (unpaired) electrons. The van der Waals surface area contributed by atoms with E-state index in [1.165, 1.54) is 5.56 Å². The number of benzene rings is 1. The van der Waals surface area contributed by atoms with Gasteiger partial charge in [-0.2, -0.15) is 0 Å². The standard InChI is InChI=1S/C16H25NO2/c1-4-12(3)16(17-5-2)13-7-8-14-15(11-13)19-10-6-9-18-14/h7-8,11-12,16-17H,4-6,9-10H2,1-3H3. The topological polar surface area (TPSA) is 30.5 Å². The fourth-order valence-electron chi connectivity index (χ4n) is 2.48. The monoisotopic (exact) mass is 263 g/mol. The minimum atomic E-state index is 0.382. The van der Waals surface area contributed by atoms with Crippen LogP contribution in [-0.2, 0) is 0 Å². The molecule has 0 saturated carbocycles. The zero-order chi connectivity index (χ0) is 13.7. The first-order valence-corrected chi connectivity index (χ1v) is 7.39. The van der Waals surface area contributed by atoms with Crippen LogP contribution in [0.1, 0.15) is 45.2 Å². The van der Waals surface area contributed by atoms with Gasteiger partial charge in [0.15, 0.2) is 11.5 Å². The molecule has 3 nitrogen and oxygen atoms in total. The molecule has 0 fully saturated rings. The van der Waals surface area contributed by atoms with E-state index in [-0.39, 0.29) is 0 Å². The van der Waals surface area contributed by atoms with Crippen molar-refractivity contribution < 1.29 is 9.47 Å². The van der Waals surface area contributed by atoms with E-state index >= 15 is 0 Å². The molecule has 1 N–H and O–H groups in total. The first-order chi connectivity index (χ1) is 9.26. The zero-order valence-corrected chi connectivity index (χ0v) is 12.2. The summed E-state index contributed by atoms with van der Waals surface area (Å²) in [4.78, 5) is 0. The fourth-order valence-corrected chi connectivity index (χ4v) is 2.48. The largest absolute Gasteiger partial charge is 0.490 e. The first kappa shape index (κ1) is 14.2. The maximum absolute atomic E-state index is 5.78.